The van der Waals surface area contributed by atoms with E-state index in [0.717, 1.165) is 89.9 Å². The average Bonchev–Trinajstić information content (AvgIpc) is 3.36. The molecular formula is C64H108O6. The fraction of sp³-hybridized carbons (Fsp3) is 0.703. The van der Waals surface area contributed by atoms with E-state index in [1.807, 2.05) is 6.08 Å². The summed E-state index contributed by atoms with van der Waals surface area (Å²) in [4.78, 5) is 38.1. The third-order valence-corrected chi connectivity index (χ3v) is 12.3. The summed E-state index contributed by atoms with van der Waals surface area (Å²) in [6, 6.07) is 0. The van der Waals surface area contributed by atoms with Crippen LogP contribution in [0, 0.1) is 0 Å². The second-order valence-electron chi connectivity index (χ2n) is 19.2. The zero-order valence-corrected chi connectivity index (χ0v) is 45.8. The first-order chi connectivity index (χ1) is 34.5. The van der Waals surface area contributed by atoms with Gasteiger partial charge in [0, 0.05) is 19.3 Å². The molecule has 1 unspecified atom stereocenters. The van der Waals surface area contributed by atoms with E-state index in [4.69, 9.17) is 14.2 Å². The lowest BCUT2D eigenvalue weighted by atomic mass is 10.1. The maximum atomic E-state index is 12.9. The number of allylic oxidation sites excluding steroid dienone is 16. The van der Waals surface area contributed by atoms with Gasteiger partial charge in [0.15, 0.2) is 6.10 Å². The first-order valence-electron chi connectivity index (χ1n) is 29.2. The van der Waals surface area contributed by atoms with Crippen molar-refractivity contribution in [3.63, 3.8) is 0 Å². The normalized spacial score (nSPS) is 12.8. The van der Waals surface area contributed by atoms with E-state index in [1.165, 1.54) is 135 Å². The topological polar surface area (TPSA) is 78.9 Å². The zero-order valence-electron chi connectivity index (χ0n) is 45.8. The molecule has 0 aliphatic carbocycles. The number of esters is 3. The molecule has 0 fully saturated rings. The van der Waals surface area contributed by atoms with Gasteiger partial charge in [-0.15, -0.1) is 0 Å². The second-order valence-corrected chi connectivity index (χ2v) is 19.2. The monoisotopic (exact) mass is 973 g/mol. The maximum Gasteiger partial charge on any atom is 0.306 e. The summed E-state index contributed by atoms with van der Waals surface area (Å²) in [6.45, 7) is 6.45. The van der Waals surface area contributed by atoms with Crippen molar-refractivity contribution < 1.29 is 28.6 Å². The van der Waals surface area contributed by atoms with Crippen LogP contribution in [0.5, 0.6) is 0 Å². The molecule has 6 heteroatoms. The standard InChI is InChI=1S/C64H108O6/c1-4-7-10-13-16-19-22-25-28-30-32-34-36-39-42-45-48-51-54-57-63(66)69-60-61(59-68-62(65)56-53-50-47-44-41-38-35-27-24-21-18-15-12-9-6-3)70-64(67)58-55-52-49-46-43-40-37-33-31-29-26-23-20-17-14-11-8-5-2/h7,10,16,19,25,27-29,31-32,34-35,39,42,48,51,61H,4-6,8-9,11-15,17-18,20-24,26,30,33,36-38,40-41,43-47,49-50,52-60H2,1-3H3/b10-7-,19-16-,28-25-,31-29-,34-32-,35-27-,42-39-,51-48-. The van der Waals surface area contributed by atoms with Crippen LogP contribution in [0.25, 0.3) is 0 Å². The van der Waals surface area contributed by atoms with Gasteiger partial charge in [0.25, 0.3) is 0 Å². The number of carbonyl (C=O) groups is 3. The highest BCUT2D eigenvalue weighted by Crippen LogP contribution is 2.14. The molecule has 0 bridgehead atoms. The lowest BCUT2D eigenvalue weighted by Gasteiger charge is -2.18. The van der Waals surface area contributed by atoms with Gasteiger partial charge >= 0.3 is 17.9 Å². The van der Waals surface area contributed by atoms with Crippen LogP contribution in [0.2, 0.25) is 0 Å². The third-order valence-electron chi connectivity index (χ3n) is 12.3. The molecule has 0 amide bonds. The highest BCUT2D eigenvalue weighted by atomic mass is 16.6. The Morgan fingerprint density at radius 1 is 0.300 bits per heavy atom. The average molecular weight is 974 g/mol. The molecule has 0 heterocycles. The Bertz CT molecular complexity index is 1400. The Kier molecular flexibility index (Phi) is 54.9. The zero-order chi connectivity index (χ0) is 50.7. The molecule has 0 radical (unpaired) electrons. The minimum absolute atomic E-state index is 0.107. The molecule has 0 aromatic rings. The summed E-state index contributed by atoms with van der Waals surface area (Å²) in [7, 11) is 0. The Balaban J connectivity index is 4.51. The van der Waals surface area contributed by atoms with Crippen LogP contribution in [0.4, 0.5) is 0 Å². The van der Waals surface area contributed by atoms with E-state index < -0.39 is 6.10 Å². The smallest absolute Gasteiger partial charge is 0.306 e. The highest BCUT2D eigenvalue weighted by Gasteiger charge is 2.19. The molecule has 0 N–H and O–H groups in total. The largest absolute Gasteiger partial charge is 0.462 e. The molecule has 0 rings (SSSR count). The van der Waals surface area contributed by atoms with Crippen LogP contribution in [-0.2, 0) is 28.6 Å². The molecule has 0 saturated heterocycles. The van der Waals surface area contributed by atoms with Crippen molar-refractivity contribution in [2.75, 3.05) is 13.2 Å². The van der Waals surface area contributed by atoms with E-state index >= 15 is 0 Å². The molecular weight excluding hydrogens is 865 g/mol. The lowest BCUT2D eigenvalue weighted by molar-refractivity contribution is -0.166. The van der Waals surface area contributed by atoms with Crippen LogP contribution in [0.15, 0.2) is 97.2 Å². The van der Waals surface area contributed by atoms with Crippen molar-refractivity contribution >= 4 is 17.9 Å². The van der Waals surface area contributed by atoms with Crippen LogP contribution in [0.1, 0.15) is 271 Å². The quantitative estimate of drug-likeness (QED) is 0.0262. The Labute approximate surface area is 432 Å². The van der Waals surface area contributed by atoms with Gasteiger partial charge in [-0.3, -0.25) is 14.4 Å². The molecule has 1 atom stereocenters. The summed E-state index contributed by atoms with van der Waals surface area (Å²) in [5, 5.41) is 0. The van der Waals surface area contributed by atoms with Crippen molar-refractivity contribution in [2.24, 2.45) is 0 Å². The number of unbranched alkanes of at least 4 members (excludes halogenated alkanes) is 25. The summed E-state index contributed by atoms with van der Waals surface area (Å²) < 4.78 is 16.8. The molecule has 0 spiro atoms. The Hall–Kier alpha value is -3.67. The van der Waals surface area contributed by atoms with Gasteiger partial charge in [0.1, 0.15) is 13.2 Å². The summed E-state index contributed by atoms with van der Waals surface area (Å²) in [5.74, 6) is -1.00. The lowest BCUT2D eigenvalue weighted by Crippen LogP contribution is -2.30. The fourth-order valence-corrected chi connectivity index (χ4v) is 7.93. The molecule has 0 aromatic heterocycles. The number of rotatable bonds is 52. The first kappa shape index (κ1) is 66.3. The van der Waals surface area contributed by atoms with Crippen LogP contribution < -0.4 is 0 Å². The van der Waals surface area contributed by atoms with Crippen LogP contribution >= 0.6 is 0 Å². The molecule has 6 nitrogen and oxygen atoms in total. The van der Waals surface area contributed by atoms with Gasteiger partial charge in [-0.05, 0) is 109 Å². The van der Waals surface area contributed by atoms with Gasteiger partial charge in [0.2, 0.25) is 0 Å². The highest BCUT2D eigenvalue weighted by molar-refractivity contribution is 5.71. The van der Waals surface area contributed by atoms with Crippen molar-refractivity contribution in [2.45, 2.75) is 277 Å². The fourth-order valence-electron chi connectivity index (χ4n) is 7.93. The maximum absolute atomic E-state index is 12.9. The Morgan fingerprint density at radius 2 is 0.586 bits per heavy atom. The van der Waals surface area contributed by atoms with Crippen LogP contribution in [-0.4, -0.2) is 37.2 Å². The minimum atomic E-state index is -0.815. The number of hydrogen-bond acceptors (Lipinski definition) is 6. The first-order valence-corrected chi connectivity index (χ1v) is 29.2. The summed E-state index contributed by atoms with van der Waals surface area (Å²) in [5.41, 5.74) is 0. The van der Waals surface area contributed by atoms with Crippen molar-refractivity contribution in [1.82, 2.24) is 0 Å². The van der Waals surface area contributed by atoms with E-state index in [0.29, 0.717) is 19.3 Å². The second kappa shape index (κ2) is 57.9. The molecule has 400 valence electrons. The van der Waals surface area contributed by atoms with Gasteiger partial charge in [-0.1, -0.05) is 240 Å². The van der Waals surface area contributed by atoms with Gasteiger partial charge in [0.05, 0.1) is 0 Å². The van der Waals surface area contributed by atoms with E-state index in [1.54, 1.807) is 0 Å². The van der Waals surface area contributed by atoms with E-state index in [9.17, 15) is 14.4 Å². The number of carbonyl (C=O) groups excluding carboxylic acids is 3. The number of hydrogen-bond donors (Lipinski definition) is 0. The SMILES string of the molecule is CC/C=C\C/C=C\C/C=C\C/C=C\C/C=C\C/C=C\CCC(=O)OCC(COC(=O)CCCCCCC/C=C\CCCCCCCC)OC(=O)CCCCCCCCC/C=C\CCCCCCCCC. The summed E-state index contributed by atoms with van der Waals surface area (Å²) in [6.07, 6.45) is 76.9. The molecule has 0 aromatic carbocycles. The third kappa shape index (κ3) is 55.3. The summed E-state index contributed by atoms with van der Waals surface area (Å²) >= 11 is 0. The molecule has 0 aliphatic rings. The van der Waals surface area contributed by atoms with Gasteiger partial charge in [-0.2, -0.15) is 0 Å². The van der Waals surface area contributed by atoms with Crippen molar-refractivity contribution in [1.29, 1.82) is 0 Å². The van der Waals surface area contributed by atoms with E-state index in [2.05, 4.69) is 112 Å². The Morgan fingerprint density at radius 3 is 0.957 bits per heavy atom. The van der Waals surface area contributed by atoms with Crippen molar-refractivity contribution in [3.05, 3.63) is 97.2 Å². The molecule has 70 heavy (non-hydrogen) atoms. The van der Waals surface area contributed by atoms with Gasteiger partial charge < -0.3 is 14.2 Å². The van der Waals surface area contributed by atoms with Crippen molar-refractivity contribution in [3.8, 4) is 0 Å². The number of ether oxygens (including phenoxy) is 3. The van der Waals surface area contributed by atoms with Crippen LogP contribution in [0.3, 0.4) is 0 Å². The predicted octanol–water partition coefficient (Wildman–Crippen LogP) is 19.7. The molecule has 0 saturated carbocycles. The minimum Gasteiger partial charge on any atom is -0.462 e. The van der Waals surface area contributed by atoms with Gasteiger partial charge in [-0.25, -0.2) is 0 Å². The van der Waals surface area contributed by atoms with E-state index in [-0.39, 0.29) is 37.5 Å². The molecule has 0 aliphatic heterocycles. The predicted molar refractivity (Wildman–Crippen MR) is 302 cm³/mol.